The third kappa shape index (κ3) is 32.9. The minimum atomic E-state index is -0.885. The highest BCUT2D eigenvalue weighted by Gasteiger charge is 2.31. The highest BCUT2D eigenvalue weighted by atomic mass is 16.6. The van der Waals surface area contributed by atoms with Gasteiger partial charge in [0.2, 0.25) is 0 Å². The van der Waals surface area contributed by atoms with Gasteiger partial charge in [-0.2, -0.15) is 0 Å². The topological polar surface area (TPSA) is 99.1 Å². The van der Waals surface area contributed by atoms with E-state index in [2.05, 4.69) is 62.5 Å². The van der Waals surface area contributed by atoms with Crippen molar-refractivity contribution in [2.24, 2.45) is 0 Å². The molecule has 0 aromatic heterocycles. The zero-order valence-electron chi connectivity index (χ0n) is 33.3. The summed E-state index contributed by atoms with van der Waals surface area (Å²) in [6, 6.07) is -0.622. The molecule has 2 unspecified atom stereocenters. The Morgan fingerprint density at radius 3 is 1.76 bits per heavy atom. The number of hydrogen-bond acceptors (Lipinski definition) is 6. The zero-order chi connectivity index (χ0) is 37.8. The van der Waals surface area contributed by atoms with E-state index >= 15 is 0 Å². The summed E-state index contributed by atoms with van der Waals surface area (Å²) in [4.78, 5) is 36.7. The molecular weight excluding hydrogens is 642 g/mol. The van der Waals surface area contributed by atoms with Crippen LogP contribution < -0.4 is 0 Å². The van der Waals surface area contributed by atoms with E-state index in [0.717, 1.165) is 64.2 Å². The van der Waals surface area contributed by atoms with Crippen molar-refractivity contribution in [3.63, 3.8) is 0 Å². The maximum atomic E-state index is 12.6. The molecule has 8 heteroatoms. The Morgan fingerprint density at radius 2 is 1.16 bits per heavy atom. The van der Waals surface area contributed by atoms with Crippen molar-refractivity contribution in [3.05, 3.63) is 48.6 Å². The Labute approximate surface area is 312 Å². The molecule has 0 aliphatic rings. The van der Waals surface area contributed by atoms with Crippen LogP contribution in [0, 0.1) is 0 Å². The first kappa shape index (κ1) is 48.3. The largest absolute Gasteiger partial charge is 0.477 e. The summed E-state index contributed by atoms with van der Waals surface area (Å²) in [6.07, 6.45) is 38.9. The highest BCUT2D eigenvalue weighted by molar-refractivity contribution is 5.72. The lowest BCUT2D eigenvalue weighted by atomic mass is 10.1. The van der Waals surface area contributed by atoms with E-state index in [1.165, 1.54) is 51.4 Å². The molecule has 0 aliphatic heterocycles. The van der Waals surface area contributed by atoms with Crippen LogP contribution in [-0.2, 0) is 28.6 Å². The molecule has 0 saturated heterocycles. The standard InChI is InChI=1S/C43H75NO7/c1-6-8-10-12-14-16-17-18-19-20-21-22-23-24-26-27-29-31-33-41(45)50-38-39(37-49-36-35-40(43(47)48)44(3,4)5)51-42(46)34-32-30-28-25-15-13-11-9-7-2/h9,11,15,19-22,25,39-40H,6-8,10,12-14,16-18,23-24,26-38H2,1-5H3/p+1/b11-9+,20-19+,22-21+,25-15+. The number of carbonyl (C=O) groups excluding carboxylic acids is 2. The van der Waals surface area contributed by atoms with Gasteiger partial charge in [0, 0.05) is 19.3 Å². The van der Waals surface area contributed by atoms with Crippen LogP contribution in [0.4, 0.5) is 0 Å². The number of allylic oxidation sites excluding steroid dienone is 8. The molecular formula is C43H76NO7+. The Morgan fingerprint density at radius 1 is 0.627 bits per heavy atom. The number of hydrogen-bond donors (Lipinski definition) is 1. The summed E-state index contributed by atoms with van der Waals surface area (Å²) in [5, 5.41) is 9.58. The number of carboxylic acids is 1. The van der Waals surface area contributed by atoms with Crippen molar-refractivity contribution in [3.8, 4) is 0 Å². The van der Waals surface area contributed by atoms with E-state index < -0.39 is 18.1 Å². The minimum absolute atomic E-state index is 0.0416. The maximum Gasteiger partial charge on any atom is 0.362 e. The Balaban J connectivity index is 4.37. The molecule has 2 atom stereocenters. The molecule has 8 nitrogen and oxygen atoms in total. The molecule has 0 amide bonds. The lowest BCUT2D eigenvalue weighted by molar-refractivity contribution is -0.887. The molecule has 0 radical (unpaired) electrons. The molecule has 0 aromatic carbocycles. The SMILES string of the molecule is CC/C=C/C/C=C/CCCCC(=O)OC(COCCC(C(=O)O)[N+](C)(C)C)COC(=O)CCCCCCC/C=C/C=C/CCCCCCCCC. The van der Waals surface area contributed by atoms with Gasteiger partial charge in [-0.1, -0.05) is 120 Å². The second-order valence-electron chi connectivity index (χ2n) is 14.5. The summed E-state index contributed by atoms with van der Waals surface area (Å²) in [5.74, 6) is -1.54. The molecule has 1 N–H and O–H groups in total. The Hall–Kier alpha value is -2.71. The molecule has 0 fully saturated rings. The van der Waals surface area contributed by atoms with Gasteiger partial charge in [0.15, 0.2) is 12.1 Å². The number of quaternary nitrogens is 1. The molecule has 0 rings (SSSR count). The van der Waals surface area contributed by atoms with Gasteiger partial charge in [-0.3, -0.25) is 9.59 Å². The first-order valence-corrected chi connectivity index (χ1v) is 20.2. The average molecular weight is 719 g/mol. The van der Waals surface area contributed by atoms with Gasteiger partial charge in [0.25, 0.3) is 0 Å². The summed E-state index contributed by atoms with van der Waals surface area (Å²) < 4.78 is 17.1. The van der Waals surface area contributed by atoms with E-state index in [1.54, 1.807) is 0 Å². The fourth-order valence-electron chi connectivity index (χ4n) is 5.59. The lowest BCUT2D eigenvalue weighted by Gasteiger charge is -2.31. The molecule has 0 aliphatic carbocycles. The summed E-state index contributed by atoms with van der Waals surface area (Å²) in [5.41, 5.74) is 0. The van der Waals surface area contributed by atoms with E-state index in [1.807, 2.05) is 21.1 Å². The lowest BCUT2D eigenvalue weighted by Crippen LogP contribution is -2.50. The number of carbonyl (C=O) groups is 3. The minimum Gasteiger partial charge on any atom is -0.477 e. The predicted octanol–water partition coefficient (Wildman–Crippen LogP) is 10.5. The van der Waals surface area contributed by atoms with Gasteiger partial charge in [0.1, 0.15) is 6.61 Å². The van der Waals surface area contributed by atoms with Crippen LogP contribution >= 0.6 is 0 Å². The highest BCUT2D eigenvalue weighted by Crippen LogP contribution is 2.12. The van der Waals surface area contributed by atoms with Crippen LogP contribution in [0.15, 0.2) is 48.6 Å². The van der Waals surface area contributed by atoms with Crippen molar-refractivity contribution in [2.45, 2.75) is 167 Å². The molecule has 0 spiro atoms. The number of aliphatic carboxylic acids is 1. The molecule has 0 bridgehead atoms. The second-order valence-corrected chi connectivity index (χ2v) is 14.5. The third-order valence-electron chi connectivity index (χ3n) is 8.74. The van der Waals surface area contributed by atoms with Crippen LogP contribution in [0.2, 0.25) is 0 Å². The predicted molar refractivity (Wildman–Crippen MR) is 211 cm³/mol. The second kappa shape index (κ2) is 34.4. The molecule has 0 saturated carbocycles. The molecule has 0 heterocycles. The van der Waals surface area contributed by atoms with Crippen LogP contribution in [0.3, 0.4) is 0 Å². The molecule has 294 valence electrons. The van der Waals surface area contributed by atoms with E-state index in [4.69, 9.17) is 14.2 Å². The molecule has 0 aromatic rings. The number of likely N-dealkylation sites (N-methyl/N-ethyl adjacent to an activating group) is 1. The van der Waals surface area contributed by atoms with Crippen molar-refractivity contribution in [1.82, 2.24) is 0 Å². The number of unbranched alkanes of at least 4 members (excludes halogenated alkanes) is 14. The zero-order valence-corrected chi connectivity index (χ0v) is 33.3. The van der Waals surface area contributed by atoms with E-state index in [0.29, 0.717) is 19.3 Å². The van der Waals surface area contributed by atoms with Gasteiger partial charge in [0.05, 0.1) is 34.4 Å². The number of esters is 2. The summed E-state index contributed by atoms with van der Waals surface area (Å²) >= 11 is 0. The van der Waals surface area contributed by atoms with E-state index in [9.17, 15) is 19.5 Å². The van der Waals surface area contributed by atoms with Gasteiger partial charge in [-0.15, -0.1) is 0 Å². The average Bonchev–Trinajstić information content (AvgIpc) is 3.08. The fraction of sp³-hybridized carbons (Fsp3) is 0.744. The van der Waals surface area contributed by atoms with Crippen molar-refractivity contribution >= 4 is 17.9 Å². The smallest absolute Gasteiger partial charge is 0.362 e. The first-order chi connectivity index (χ1) is 24.6. The van der Waals surface area contributed by atoms with Gasteiger partial charge >= 0.3 is 17.9 Å². The quantitative estimate of drug-likeness (QED) is 0.0229. The normalized spacial score (nSPS) is 13.5. The van der Waals surface area contributed by atoms with Crippen LogP contribution in [0.1, 0.15) is 155 Å². The van der Waals surface area contributed by atoms with Crippen LogP contribution in [0.25, 0.3) is 0 Å². The summed E-state index contributed by atoms with van der Waals surface area (Å²) in [6.45, 7) is 4.53. The van der Waals surface area contributed by atoms with Gasteiger partial charge in [-0.25, -0.2) is 4.79 Å². The monoisotopic (exact) mass is 719 g/mol. The van der Waals surface area contributed by atoms with Gasteiger partial charge in [-0.05, 0) is 64.2 Å². The van der Waals surface area contributed by atoms with Gasteiger partial charge < -0.3 is 23.8 Å². The molecule has 51 heavy (non-hydrogen) atoms. The van der Waals surface area contributed by atoms with Crippen LogP contribution in [-0.4, -0.2) is 80.6 Å². The third-order valence-corrected chi connectivity index (χ3v) is 8.74. The number of nitrogens with zero attached hydrogens (tertiary/aromatic N) is 1. The fourth-order valence-corrected chi connectivity index (χ4v) is 5.59. The number of carboxylic acid groups (broad SMARTS) is 1. The number of ether oxygens (including phenoxy) is 3. The van der Waals surface area contributed by atoms with Crippen molar-refractivity contribution in [1.29, 1.82) is 0 Å². The Bertz CT molecular complexity index is 979. The van der Waals surface area contributed by atoms with E-state index in [-0.39, 0.29) is 42.7 Å². The Kier molecular flexibility index (Phi) is 32.6. The van der Waals surface area contributed by atoms with Crippen LogP contribution in [0.5, 0.6) is 0 Å². The first-order valence-electron chi connectivity index (χ1n) is 20.2. The van der Waals surface area contributed by atoms with Crippen molar-refractivity contribution < 1.29 is 38.2 Å². The van der Waals surface area contributed by atoms with Crippen molar-refractivity contribution in [2.75, 3.05) is 41.0 Å². The maximum absolute atomic E-state index is 12.6. The summed E-state index contributed by atoms with van der Waals surface area (Å²) in [7, 11) is 5.49. The number of rotatable bonds is 35.